The number of nitrogens with two attached hydrogens (primary N) is 1. The number of nitrogens with zero attached hydrogens (tertiary/aromatic N) is 1. The maximum Gasteiger partial charge on any atom is 0.188 e. The van der Waals surface area contributed by atoms with E-state index in [4.69, 9.17) is 10.5 Å². The third kappa shape index (κ3) is 8.53. The van der Waals surface area contributed by atoms with Gasteiger partial charge < -0.3 is 15.8 Å². The van der Waals surface area contributed by atoms with E-state index in [9.17, 15) is 0 Å². The van der Waals surface area contributed by atoms with E-state index in [2.05, 4.69) is 48.4 Å². The zero-order chi connectivity index (χ0) is 14.6. The van der Waals surface area contributed by atoms with Crippen LogP contribution in [0.5, 0.6) is 0 Å². The fourth-order valence-electron chi connectivity index (χ4n) is 1.66. The quantitative estimate of drug-likeness (QED) is 0.413. The Balaban J connectivity index is 1.96. The smallest absolute Gasteiger partial charge is 0.188 e. The van der Waals surface area contributed by atoms with E-state index in [0.717, 1.165) is 39.1 Å². The van der Waals surface area contributed by atoms with Crippen molar-refractivity contribution in [1.82, 2.24) is 5.32 Å². The average Bonchev–Trinajstić information content (AvgIpc) is 2.45. The normalized spacial score (nSPS) is 11.8. The number of hydrogen-bond donors (Lipinski definition) is 2. The number of benzene rings is 1. The summed E-state index contributed by atoms with van der Waals surface area (Å²) in [6.45, 7) is 7.33. The summed E-state index contributed by atoms with van der Waals surface area (Å²) in [5.74, 6) is 1.07. The molecule has 0 aliphatic rings. The van der Waals surface area contributed by atoms with Crippen LogP contribution in [-0.2, 0) is 11.2 Å². The van der Waals surface area contributed by atoms with Gasteiger partial charge in [0, 0.05) is 19.7 Å². The van der Waals surface area contributed by atoms with Crippen LogP contribution < -0.4 is 11.1 Å². The Morgan fingerprint density at radius 1 is 1.25 bits per heavy atom. The number of guanidine groups is 1. The molecule has 0 fully saturated rings. The van der Waals surface area contributed by atoms with Crippen molar-refractivity contribution < 1.29 is 4.74 Å². The first-order valence-corrected chi connectivity index (χ1v) is 7.34. The summed E-state index contributed by atoms with van der Waals surface area (Å²) in [4.78, 5) is 4.24. The summed E-state index contributed by atoms with van der Waals surface area (Å²) in [5, 5.41) is 3.09. The first kappa shape index (κ1) is 16.5. The molecule has 0 aromatic heterocycles. The zero-order valence-electron chi connectivity index (χ0n) is 12.6. The molecular weight excluding hydrogens is 250 g/mol. The van der Waals surface area contributed by atoms with Gasteiger partial charge in [0.2, 0.25) is 0 Å². The molecule has 3 N–H and O–H groups in total. The molecule has 0 heterocycles. The molecule has 0 radical (unpaired) electrons. The lowest BCUT2D eigenvalue weighted by Gasteiger charge is -2.07. The van der Waals surface area contributed by atoms with Crippen molar-refractivity contribution in [2.45, 2.75) is 26.7 Å². The largest absolute Gasteiger partial charge is 0.381 e. The minimum atomic E-state index is 0.531. The number of ether oxygens (including phenoxy) is 1. The minimum absolute atomic E-state index is 0.531. The Labute approximate surface area is 122 Å². The lowest BCUT2D eigenvalue weighted by Crippen LogP contribution is -2.33. The van der Waals surface area contributed by atoms with Crippen molar-refractivity contribution in [1.29, 1.82) is 0 Å². The molecule has 0 spiro atoms. The van der Waals surface area contributed by atoms with Gasteiger partial charge in [-0.2, -0.15) is 0 Å². The lowest BCUT2D eigenvalue weighted by molar-refractivity contribution is 0.135. The Bertz CT molecular complexity index is 377. The van der Waals surface area contributed by atoms with Gasteiger partial charge in [0.25, 0.3) is 0 Å². The second-order valence-corrected chi connectivity index (χ2v) is 5.25. The van der Waals surface area contributed by atoms with Gasteiger partial charge in [0.1, 0.15) is 0 Å². The molecule has 0 unspecified atom stereocenters. The van der Waals surface area contributed by atoms with Crippen LogP contribution in [0.25, 0.3) is 0 Å². The summed E-state index contributed by atoms with van der Waals surface area (Å²) in [5.41, 5.74) is 7.05. The first-order chi connectivity index (χ1) is 9.68. The van der Waals surface area contributed by atoms with E-state index in [1.807, 2.05) is 6.07 Å². The van der Waals surface area contributed by atoms with Crippen LogP contribution in [0.15, 0.2) is 35.3 Å². The molecule has 0 amide bonds. The topological polar surface area (TPSA) is 59.6 Å². The molecule has 0 saturated heterocycles. The summed E-state index contributed by atoms with van der Waals surface area (Å²) in [6.07, 6.45) is 1.90. The molecular formula is C16H27N3O. The van der Waals surface area contributed by atoms with E-state index in [-0.39, 0.29) is 0 Å². The van der Waals surface area contributed by atoms with Crippen molar-refractivity contribution in [3.8, 4) is 0 Å². The summed E-state index contributed by atoms with van der Waals surface area (Å²) >= 11 is 0. The molecule has 4 nitrogen and oxygen atoms in total. The van der Waals surface area contributed by atoms with Crippen molar-refractivity contribution in [2.24, 2.45) is 16.6 Å². The van der Waals surface area contributed by atoms with Gasteiger partial charge in [0.05, 0.1) is 6.61 Å². The third-order valence-electron chi connectivity index (χ3n) is 2.78. The fourth-order valence-corrected chi connectivity index (χ4v) is 1.66. The number of aliphatic imine (C=N–C) groups is 1. The monoisotopic (exact) mass is 277 g/mol. The molecule has 0 aliphatic heterocycles. The Hall–Kier alpha value is -1.55. The fraction of sp³-hybridized carbons (Fsp3) is 0.562. The molecule has 1 aromatic rings. The molecule has 0 bridgehead atoms. The van der Waals surface area contributed by atoms with Crippen LogP contribution in [-0.4, -0.2) is 32.3 Å². The van der Waals surface area contributed by atoms with Crippen LogP contribution in [0.2, 0.25) is 0 Å². The predicted octanol–water partition coefficient (Wildman–Crippen LogP) is 2.20. The van der Waals surface area contributed by atoms with Gasteiger partial charge in [-0.25, -0.2) is 0 Å². The van der Waals surface area contributed by atoms with E-state index in [1.54, 1.807) is 0 Å². The van der Waals surface area contributed by atoms with Crippen molar-refractivity contribution in [3.05, 3.63) is 35.9 Å². The SMILES string of the molecule is CC(C)CN=C(N)NCCCOCCc1ccccc1. The van der Waals surface area contributed by atoms with Gasteiger partial charge in [-0.15, -0.1) is 0 Å². The van der Waals surface area contributed by atoms with Crippen LogP contribution in [0.3, 0.4) is 0 Å². The maximum absolute atomic E-state index is 5.74. The first-order valence-electron chi connectivity index (χ1n) is 7.34. The predicted molar refractivity (Wildman–Crippen MR) is 84.9 cm³/mol. The summed E-state index contributed by atoms with van der Waals surface area (Å²) < 4.78 is 5.60. The Kier molecular flexibility index (Phi) is 8.47. The zero-order valence-corrected chi connectivity index (χ0v) is 12.6. The molecule has 0 aliphatic carbocycles. The number of nitrogens with one attached hydrogen (secondary N) is 1. The number of rotatable bonds is 9. The highest BCUT2D eigenvalue weighted by atomic mass is 16.5. The van der Waals surface area contributed by atoms with E-state index in [1.165, 1.54) is 5.56 Å². The van der Waals surface area contributed by atoms with Gasteiger partial charge in [-0.1, -0.05) is 44.2 Å². The Morgan fingerprint density at radius 3 is 2.70 bits per heavy atom. The molecule has 1 aromatic carbocycles. The van der Waals surface area contributed by atoms with Crippen LogP contribution in [0.4, 0.5) is 0 Å². The summed E-state index contributed by atoms with van der Waals surface area (Å²) in [7, 11) is 0. The van der Waals surface area contributed by atoms with Crippen molar-refractivity contribution >= 4 is 5.96 Å². The third-order valence-corrected chi connectivity index (χ3v) is 2.78. The molecule has 112 valence electrons. The molecule has 1 rings (SSSR count). The van der Waals surface area contributed by atoms with Crippen LogP contribution >= 0.6 is 0 Å². The number of hydrogen-bond acceptors (Lipinski definition) is 2. The van der Waals surface area contributed by atoms with Gasteiger partial charge in [0.15, 0.2) is 5.96 Å². The Morgan fingerprint density at radius 2 is 2.00 bits per heavy atom. The molecule has 0 saturated carbocycles. The highest BCUT2D eigenvalue weighted by Gasteiger charge is 1.95. The lowest BCUT2D eigenvalue weighted by atomic mass is 10.2. The highest BCUT2D eigenvalue weighted by molar-refractivity contribution is 5.77. The second-order valence-electron chi connectivity index (χ2n) is 5.25. The van der Waals surface area contributed by atoms with Gasteiger partial charge >= 0.3 is 0 Å². The van der Waals surface area contributed by atoms with Crippen molar-refractivity contribution in [2.75, 3.05) is 26.3 Å². The minimum Gasteiger partial charge on any atom is -0.381 e. The molecule has 0 atom stereocenters. The second kappa shape index (κ2) is 10.3. The summed E-state index contributed by atoms with van der Waals surface area (Å²) in [6, 6.07) is 10.4. The van der Waals surface area contributed by atoms with Crippen LogP contribution in [0, 0.1) is 5.92 Å². The van der Waals surface area contributed by atoms with E-state index >= 15 is 0 Å². The highest BCUT2D eigenvalue weighted by Crippen LogP contribution is 1.99. The van der Waals surface area contributed by atoms with Crippen LogP contribution in [0.1, 0.15) is 25.8 Å². The van der Waals surface area contributed by atoms with Gasteiger partial charge in [-0.05, 0) is 24.3 Å². The van der Waals surface area contributed by atoms with E-state index in [0.29, 0.717) is 11.9 Å². The average molecular weight is 277 g/mol. The maximum atomic E-state index is 5.74. The van der Waals surface area contributed by atoms with E-state index < -0.39 is 0 Å². The van der Waals surface area contributed by atoms with Gasteiger partial charge in [-0.3, -0.25) is 4.99 Å². The van der Waals surface area contributed by atoms with Crippen molar-refractivity contribution in [3.63, 3.8) is 0 Å². The standard InChI is InChI=1S/C16H27N3O/c1-14(2)13-19-16(17)18-10-6-11-20-12-9-15-7-4-3-5-8-15/h3-5,7-8,14H,6,9-13H2,1-2H3,(H3,17,18,19). The molecule has 4 heteroatoms. The molecule has 20 heavy (non-hydrogen) atoms.